The molecule has 0 unspecified atom stereocenters. The number of likely N-dealkylation sites (N-methyl/N-ethyl adjacent to an activating group) is 1. The van der Waals surface area contributed by atoms with Crippen molar-refractivity contribution in [3.05, 3.63) is 65.2 Å². The van der Waals surface area contributed by atoms with Gasteiger partial charge in [-0.25, -0.2) is 0 Å². The fraction of sp³-hybridized carbons (Fsp3) is 0.217. The smallest absolute Gasteiger partial charge is 0.254 e. The summed E-state index contributed by atoms with van der Waals surface area (Å²) in [5.41, 5.74) is 2.37. The molecule has 0 aliphatic carbocycles. The third kappa shape index (κ3) is 4.92. The highest BCUT2D eigenvalue weighted by atomic mass is 16.2. The van der Waals surface area contributed by atoms with Crippen molar-refractivity contribution in [2.45, 2.75) is 19.4 Å². The van der Waals surface area contributed by atoms with Gasteiger partial charge in [-0.3, -0.25) is 24.1 Å². The molecule has 7 heteroatoms. The summed E-state index contributed by atoms with van der Waals surface area (Å²) in [7, 11) is 1.54. The van der Waals surface area contributed by atoms with Crippen molar-refractivity contribution in [3.63, 3.8) is 0 Å². The monoisotopic (exact) mass is 403 g/mol. The van der Waals surface area contributed by atoms with Gasteiger partial charge in [0.15, 0.2) is 0 Å². The highest BCUT2D eigenvalue weighted by Crippen LogP contribution is 2.17. The van der Waals surface area contributed by atoms with Crippen LogP contribution in [0.15, 0.2) is 48.5 Å². The van der Waals surface area contributed by atoms with Crippen molar-refractivity contribution >= 4 is 29.3 Å². The van der Waals surface area contributed by atoms with Crippen LogP contribution in [-0.4, -0.2) is 47.0 Å². The Bertz CT molecular complexity index is 1020. The first-order valence-corrected chi connectivity index (χ1v) is 9.41. The third-order valence-electron chi connectivity index (χ3n) is 4.74. The first-order valence-electron chi connectivity index (χ1n) is 9.41. The van der Waals surface area contributed by atoms with Crippen molar-refractivity contribution in [2.24, 2.45) is 0 Å². The second kappa shape index (κ2) is 9.05. The fourth-order valence-corrected chi connectivity index (χ4v) is 3.13. The Kier molecular flexibility index (Phi) is 6.28. The third-order valence-corrected chi connectivity index (χ3v) is 4.74. The first kappa shape index (κ1) is 20.8. The number of likely N-dealkylation sites (tertiary alicyclic amines) is 1. The minimum atomic E-state index is -0.345. The van der Waals surface area contributed by atoms with Crippen molar-refractivity contribution in [1.29, 1.82) is 0 Å². The van der Waals surface area contributed by atoms with Gasteiger partial charge in [-0.05, 0) is 35.9 Å². The average molecular weight is 403 g/mol. The molecule has 0 radical (unpaired) electrons. The summed E-state index contributed by atoms with van der Waals surface area (Å²) >= 11 is 0. The minimum absolute atomic E-state index is 0.127. The number of hydrogen-bond donors (Lipinski definition) is 1. The van der Waals surface area contributed by atoms with E-state index in [4.69, 9.17) is 6.42 Å². The Hall–Kier alpha value is -3.92. The Labute approximate surface area is 174 Å². The number of amides is 4. The topological polar surface area (TPSA) is 86.8 Å². The molecule has 0 spiro atoms. The number of imide groups is 1. The van der Waals surface area contributed by atoms with E-state index in [9.17, 15) is 19.2 Å². The summed E-state index contributed by atoms with van der Waals surface area (Å²) in [4.78, 5) is 50.8. The number of benzene rings is 2. The molecule has 0 atom stereocenters. The zero-order valence-corrected chi connectivity index (χ0v) is 16.6. The molecule has 152 valence electrons. The van der Waals surface area contributed by atoms with E-state index >= 15 is 0 Å². The maximum atomic E-state index is 12.6. The molecule has 0 saturated carbocycles. The van der Waals surface area contributed by atoms with Crippen LogP contribution in [0.4, 0.5) is 5.69 Å². The van der Waals surface area contributed by atoms with E-state index in [0.29, 0.717) is 16.8 Å². The lowest BCUT2D eigenvalue weighted by Gasteiger charge is -2.18. The molecule has 1 aliphatic heterocycles. The van der Waals surface area contributed by atoms with E-state index in [0.717, 1.165) is 5.56 Å². The van der Waals surface area contributed by atoms with Gasteiger partial charge >= 0.3 is 0 Å². The summed E-state index contributed by atoms with van der Waals surface area (Å²) < 4.78 is 0. The van der Waals surface area contributed by atoms with Gasteiger partial charge in [0.05, 0.1) is 13.1 Å². The van der Waals surface area contributed by atoms with Crippen LogP contribution in [-0.2, 0) is 20.9 Å². The van der Waals surface area contributed by atoms with Gasteiger partial charge in [0.2, 0.25) is 17.7 Å². The van der Waals surface area contributed by atoms with E-state index < -0.39 is 0 Å². The van der Waals surface area contributed by atoms with Crippen molar-refractivity contribution in [1.82, 2.24) is 9.80 Å². The number of anilines is 1. The normalized spacial score (nSPS) is 13.1. The predicted molar refractivity (Wildman–Crippen MR) is 111 cm³/mol. The van der Waals surface area contributed by atoms with Gasteiger partial charge in [-0.15, -0.1) is 6.42 Å². The number of rotatable bonds is 6. The molecule has 4 amide bonds. The molecule has 2 aromatic rings. The maximum Gasteiger partial charge on any atom is 0.254 e. The summed E-state index contributed by atoms with van der Waals surface area (Å²) in [6.45, 7) is 0.0682. The van der Waals surface area contributed by atoms with Crippen LogP contribution in [0.3, 0.4) is 0 Å². The van der Waals surface area contributed by atoms with Crippen LogP contribution in [0.2, 0.25) is 0 Å². The van der Waals surface area contributed by atoms with Crippen molar-refractivity contribution < 1.29 is 19.2 Å². The lowest BCUT2D eigenvalue weighted by atomic mass is 10.1. The highest BCUT2D eigenvalue weighted by molar-refractivity contribution is 6.02. The van der Waals surface area contributed by atoms with Gasteiger partial charge in [-0.1, -0.05) is 24.1 Å². The molecule has 1 N–H and O–H groups in total. The Balaban J connectivity index is 1.57. The van der Waals surface area contributed by atoms with Crippen LogP contribution < -0.4 is 5.32 Å². The Morgan fingerprint density at radius 3 is 2.40 bits per heavy atom. The maximum absolute atomic E-state index is 12.6. The lowest BCUT2D eigenvalue weighted by Crippen LogP contribution is -2.35. The average Bonchev–Trinajstić information content (AvgIpc) is 3.05. The SMILES string of the molecule is C#Cc1cccc(NC(=O)CN(C)C(=O)c2ccc(CN3C(=O)CCC3=O)cc2)c1. The van der Waals surface area contributed by atoms with E-state index in [2.05, 4.69) is 11.2 Å². The molecular weight excluding hydrogens is 382 g/mol. The predicted octanol–water partition coefficient (Wildman–Crippen LogP) is 2.03. The quantitative estimate of drug-likeness (QED) is 0.591. The number of nitrogens with one attached hydrogen (secondary N) is 1. The van der Waals surface area contributed by atoms with Crippen LogP contribution in [0.5, 0.6) is 0 Å². The van der Waals surface area contributed by atoms with Crippen LogP contribution in [0.1, 0.15) is 34.3 Å². The van der Waals surface area contributed by atoms with E-state index in [1.54, 1.807) is 48.5 Å². The van der Waals surface area contributed by atoms with Crippen LogP contribution >= 0.6 is 0 Å². The zero-order chi connectivity index (χ0) is 21.7. The van der Waals surface area contributed by atoms with Gasteiger partial charge in [0.25, 0.3) is 5.91 Å². The van der Waals surface area contributed by atoms with E-state index in [1.807, 2.05) is 0 Å². The summed E-state index contributed by atoms with van der Waals surface area (Å²) in [5.74, 6) is 1.47. The molecule has 7 nitrogen and oxygen atoms in total. The Morgan fingerprint density at radius 2 is 1.77 bits per heavy atom. The van der Waals surface area contributed by atoms with Gasteiger partial charge in [0, 0.05) is 36.7 Å². The highest BCUT2D eigenvalue weighted by Gasteiger charge is 2.28. The number of carbonyl (C=O) groups is 4. The molecule has 3 rings (SSSR count). The molecule has 0 bridgehead atoms. The number of hydrogen-bond acceptors (Lipinski definition) is 4. The summed E-state index contributed by atoms with van der Waals surface area (Å²) in [6, 6.07) is 13.5. The summed E-state index contributed by atoms with van der Waals surface area (Å²) in [5, 5.41) is 2.71. The molecule has 30 heavy (non-hydrogen) atoms. The molecule has 1 heterocycles. The largest absolute Gasteiger partial charge is 0.332 e. The molecule has 1 saturated heterocycles. The van der Waals surface area contributed by atoms with Crippen LogP contribution in [0, 0.1) is 12.3 Å². The number of nitrogens with zero attached hydrogens (tertiary/aromatic N) is 2. The van der Waals surface area contributed by atoms with E-state index in [1.165, 1.54) is 16.8 Å². The molecular formula is C23H21N3O4. The number of carbonyl (C=O) groups excluding carboxylic acids is 4. The van der Waals surface area contributed by atoms with Gasteiger partial charge in [-0.2, -0.15) is 0 Å². The van der Waals surface area contributed by atoms with E-state index in [-0.39, 0.29) is 49.6 Å². The standard InChI is InChI=1S/C23H21N3O4/c1-3-16-5-4-6-19(13-16)24-20(27)15-25(2)23(30)18-9-7-17(8-10-18)14-26-21(28)11-12-22(26)29/h1,4-10,13H,11-12,14-15H2,2H3,(H,24,27). The molecule has 2 aromatic carbocycles. The zero-order valence-electron chi connectivity index (χ0n) is 16.6. The second-order valence-corrected chi connectivity index (χ2v) is 7.01. The van der Waals surface area contributed by atoms with Gasteiger partial charge in [0.1, 0.15) is 0 Å². The molecule has 1 fully saturated rings. The van der Waals surface area contributed by atoms with Gasteiger partial charge < -0.3 is 10.2 Å². The second-order valence-electron chi connectivity index (χ2n) is 7.01. The number of terminal acetylenes is 1. The lowest BCUT2D eigenvalue weighted by molar-refractivity contribution is -0.139. The first-order chi connectivity index (χ1) is 14.4. The van der Waals surface area contributed by atoms with Crippen molar-refractivity contribution in [2.75, 3.05) is 18.9 Å². The fourth-order valence-electron chi connectivity index (χ4n) is 3.13. The molecule has 1 aliphatic rings. The molecule has 0 aromatic heterocycles. The van der Waals surface area contributed by atoms with Crippen LogP contribution in [0.25, 0.3) is 0 Å². The minimum Gasteiger partial charge on any atom is -0.332 e. The Morgan fingerprint density at radius 1 is 1.10 bits per heavy atom. The van der Waals surface area contributed by atoms with Crippen molar-refractivity contribution in [3.8, 4) is 12.3 Å². The summed E-state index contributed by atoms with van der Waals surface area (Å²) in [6.07, 6.45) is 5.84.